The molecule has 218 valence electrons. The molecule has 3 aromatic rings. The summed E-state index contributed by atoms with van der Waals surface area (Å²) in [4.78, 5) is 59.3. The summed E-state index contributed by atoms with van der Waals surface area (Å²) in [5.41, 5.74) is 9.12. The van der Waals surface area contributed by atoms with Crippen molar-refractivity contribution in [2.24, 2.45) is 0 Å². The van der Waals surface area contributed by atoms with Gasteiger partial charge in [0.15, 0.2) is 11.6 Å². The Labute approximate surface area is 264 Å². The average molecular weight is 630 g/mol. The van der Waals surface area contributed by atoms with Gasteiger partial charge in [0.2, 0.25) is 0 Å². The van der Waals surface area contributed by atoms with Crippen molar-refractivity contribution in [3.63, 3.8) is 0 Å². The minimum atomic E-state index is -0.803. The van der Waals surface area contributed by atoms with Crippen molar-refractivity contribution in [1.29, 1.82) is 0 Å². The summed E-state index contributed by atoms with van der Waals surface area (Å²) in [7, 11) is 1.40. The number of hydrogen-bond donors (Lipinski definition) is 0. The second kappa shape index (κ2) is 11.2. The average Bonchev–Trinajstić information content (AvgIpc) is 3.71. The Kier molecular flexibility index (Phi) is 8.10. The molecular formula is C34H36N4O4Zn. The molecule has 43 heavy (non-hydrogen) atoms. The van der Waals surface area contributed by atoms with Crippen molar-refractivity contribution in [3.8, 4) is 0 Å². The van der Waals surface area contributed by atoms with Crippen LogP contribution in [0, 0.1) is 13.8 Å². The summed E-state index contributed by atoms with van der Waals surface area (Å²) in [6.07, 6.45) is 2.37. The SMILES string of the molecule is CCc1c(C)c2cc3nc(c4c5[n-]c(cc6nc(cc1[n-]2)C(=O)C6(C)CC)c(C)c5C(=O)C4)[C@@H](CCC(=O)OC)[C@@H]3C.[Zn+2]. The van der Waals surface area contributed by atoms with Gasteiger partial charge in [-0.3, -0.25) is 19.4 Å². The standard InChI is InChI=1S/C34H37N4O4.Zn/c1-8-19-16(3)22-13-23-17(4)20(10-11-29(40)42-7)31(37-23)21-12-27(39)30-18(5)24(38-32(21)30)15-28-34(6,9-2)33(41)26(36-28)14-25(19)35-22;/h13-15,17,20H,8-12H2,1-7H3,(H-,35,36,37,38,39,41);/q-1;+2/p-1/t17-,20-,34?;/m0./s1. The molecule has 2 aliphatic heterocycles. The number of nitrogens with zero attached hydrogens (tertiary/aromatic N) is 4. The van der Waals surface area contributed by atoms with Crippen LogP contribution in [0.2, 0.25) is 0 Å². The van der Waals surface area contributed by atoms with E-state index in [4.69, 9.17) is 24.7 Å². The number of carbonyl (C=O) groups is 3. The monoisotopic (exact) mass is 628 g/mol. The van der Waals surface area contributed by atoms with Crippen molar-refractivity contribution in [3.05, 3.63) is 68.8 Å². The van der Waals surface area contributed by atoms with Crippen molar-refractivity contribution < 1.29 is 38.6 Å². The van der Waals surface area contributed by atoms with Gasteiger partial charge < -0.3 is 14.7 Å². The molecule has 0 spiro atoms. The van der Waals surface area contributed by atoms with E-state index in [-0.39, 0.29) is 61.7 Å². The Balaban J connectivity index is 0.00000368. The van der Waals surface area contributed by atoms with Gasteiger partial charge in [0.05, 0.1) is 18.2 Å². The first kappa shape index (κ1) is 31.0. The van der Waals surface area contributed by atoms with E-state index in [2.05, 4.69) is 20.8 Å². The number of hydrogen-bond acceptors (Lipinski definition) is 6. The number of fused-ring (bicyclic) bond motifs is 8. The molecule has 3 aliphatic rings. The zero-order valence-corrected chi connectivity index (χ0v) is 29.0. The summed E-state index contributed by atoms with van der Waals surface area (Å²) in [6, 6.07) is 5.72. The second-order valence-corrected chi connectivity index (χ2v) is 12.0. The fourth-order valence-corrected chi connectivity index (χ4v) is 6.86. The van der Waals surface area contributed by atoms with Crippen LogP contribution in [0.1, 0.15) is 119 Å². The maximum atomic E-state index is 13.8. The molecule has 3 atom stereocenters. The molecule has 8 bridgehead atoms. The number of esters is 1. The fourth-order valence-electron chi connectivity index (χ4n) is 6.86. The number of methoxy groups -OCH3 is 1. The molecular weight excluding hydrogens is 594 g/mol. The van der Waals surface area contributed by atoms with Crippen LogP contribution in [-0.4, -0.2) is 34.6 Å². The summed E-state index contributed by atoms with van der Waals surface area (Å²) >= 11 is 0. The fraction of sp³-hybridized carbons (Fsp3) is 0.441. The molecule has 1 aliphatic carbocycles. The van der Waals surface area contributed by atoms with Gasteiger partial charge in [0, 0.05) is 41.6 Å². The van der Waals surface area contributed by atoms with Gasteiger partial charge in [-0.15, -0.1) is 22.1 Å². The minimum Gasteiger partial charge on any atom is -0.657 e. The maximum Gasteiger partial charge on any atom is 2.00 e. The van der Waals surface area contributed by atoms with Gasteiger partial charge in [-0.2, -0.15) is 0 Å². The van der Waals surface area contributed by atoms with E-state index in [0.717, 1.165) is 51.1 Å². The molecule has 1 unspecified atom stereocenters. The van der Waals surface area contributed by atoms with E-state index in [1.807, 2.05) is 39.0 Å². The van der Waals surface area contributed by atoms with Crippen LogP contribution in [0.5, 0.6) is 0 Å². The Hall–Kier alpha value is -3.45. The van der Waals surface area contributed by atoms with Crippen molar-refractivity contribution in [2.45, 2.75) is 90.9 Å². The van der Waals surface area contributed by atoms with Crippen LogP contribution in [-0.2, 0) is 47.3 Å². The predicted octanol–water partition coefficient (Wildman–Crippen LogP) is 5.88. The van der Waals surface area contributed by atoms with E-state index in [1.165, 1.54) is 7.11 Å². The van der Waals surface area contributed by atoms with E-state index in [0.29, 0.717) is 40.8 Å². The van der Waals surface area contributed by atoms with Crippen LogP contribution in [0.25, 0.3) is 22.1 Å². The van der Waals surface area contributed by atoms with Crippen LogP contribution in [0.4, 0.5) is 0 Å². The smallest absolute Gasteiger partial charge is 0.657 e. The third kappa shape index (κ3) is 4.71. The summed E-state index contributed by atoms with van der Waals surface area (Å²) in [5, 5.41) is 0. The van der Waals surface area contributed by atoms with Crippen molar-refractivity contribution in [2.75, 3.05) is 7.11 Å². The molecule has 0 N–H and O–H groups in total. The normalized spacial score (nSPS) is 20.8. The summed E-state index contributed by atoms with van der Waals surface area (Å²) in [5.74, 6) is -0.374. The van der Waals surface area contributed by atoms with E-state index >= 15 is 0 Å². The van der Waals surface area contributed by atoms with Crippen LogP contribution < -0.4 is 9.97 Å². The molecule has 8 nitrogen and oxygen atoms in total. The zero-order chi connectivity index (χ0) is 30.1. The third-order valence-electron chi connectivity index (χ3n) is 9.82. The van der Waals surface area contributed by atoms with Crippen molar-refractivity contribution >= 4 is 39.6 Å². The van der Waals surface area contributed by atoms with E-state index < -0.39 is 5.41 Å². The van der Waals surface area contributed by atoms with Gasteiger partial charge in [-0.25, -0.2) is 4.98 Å². The Morgan fingerprint density at radius 1 is 1.05 bits per heavy atom. The van der Waals surface area contributed by atoms with Gasteiger partial charge in [-0.1, -0.05) is 49.6 Å². The topological polar surface area (TPSA) is 114 Å². The molecule has 0 saturated heterocycles. The molecule has 9 heteroatoms. The van der Waals surface area contributed by atoms with Gasteiger partial charge in [-0.05, 0) is 51.7 Å². The first-order chi connectivity index (χ1) is 20.0. The zero-order valence-electron chi connectivity index (χ0n) is 26.1. The molecule has 0 saturated carbocycles. The number of ether oxygens (including phenoxy) is 1. The number of rotatable bonds is 5. The molecule has 0 fully saturated rings. The van der Waals surface area contributed by atoms with Gasteiger partial charge in [0.1, 0.15) is 5.69 Å². The predicted molar refractivity (Wildman–Crippen MR) is 160 cm³/mol. The largest absolute Gasteiger partial charge is 2.00 e. The quantitative estimate of drug-likeness (QED) is 0.254. The Morgan fingerprint density at radius 3 is 2.44 bits per heavy atom. The summed E-state index contributed by atoms with van der Waals surface area (Å²) < 4.78 is 4.95. The van der Waals surface area contributed by atoms with Crippen molar-refractivity contribution in [1.82, 2.24) is 19.9 Å². The number of carbonyl (C=O) groups excluding carboxylic acids is 3. The summed E-state index contributed by atoms with van der Waals surface area (Å²) in [6.45, 7) is 12.1. The van der Waals surface area contributed by atoms with E-state index in [1.54, 1.807) is 0 Å². The molecule has 3 aromatic heterocycles. The molecule has 0 amide bonds. The molecule has 5 heterocycles. The van der Waals surface area contributed by atoms with E-state index in [9.17, 15) is 14.4 Å². The van der Waals surface area contributed by atoms with Crippen LogP contribution >= 0.6 is 0 Å². The molecule has 6 rings (SSSR count). The first-order valence-corrected chi connectivity index (χ1v) is 14.8. The van der Waals surface area contributed by atoms with Crippen LogP contribution in [0.15, 0.2) is 18.2 Å². The van der Waals surface area contributed by atoms with Crippen LogP contribution in [0.3, 0.4) is 0 Å². The molecule has 0 radical (unpaired) electrons. The minimum absolute atomic E-state index is 0. The van der Waals surface area contributed by atoms with Gasteiger partial charge >= 0.3 is 25.4 Å². The number of aryl methyl sites for hydroxylation is 3. The first-order valence-electron chi connectivity index (χ1n) is 14.8. The third-order valence-corrected chi connectivity index (χ3v) is 9.82. The number of ketones is 2. The second-order valence-electron chi connectivity index (χ2n) is 12.0. The number of aromatic nitrogens is 4. The Morgan fingerprint density at radius 2 is 1.77 bits per heavy atom. The maximum absolute atomic E-state index is 13.8. The Bertz CT molecular complexity index is 1850. The number of Topliss-reactive ketones (excluding diaryl/α,β-unsaturated/α-hetero) is 2. The van der Waals surface area contributed by atoms with Gasteiger partial charge in [0.25, 0.3) is 0 Å². The molecule has 0 aromatic carbocycles.